The van der Waals surface area contributed by atoms with Crippen molar-refractivity contribution < 1.29 is 32.9 Å². The molecule has 9 heteroatoms. The zero-order chi connectivity index (χ0) is 44.3. The number of allylic oxidation sites excluding steroid dienone is 3. The summed E-state index contributed by atoms with van der Waals surface area (Å²) in [4.78, 5) is 23.2. The van der Waals surface area contributed by atoms with Crippen LogP contribution in [0.2, 0.25) is 0 Å². The average molecular weight is 870 g/mol. The lowest BCUT2D eigenvalue weighted by atomic mass is 10.0. The Kier molecular flexibility index (Phi) is 42.5. The number of hydrogen-bond donors (Lipinski definition) is 3. The molecule has 0 aromatic carbocycles. The molecule has 0 radical (unpaired) electrons. The van der Waals surface area contributed by atoms with Gasteiger partial charge in [-0.25, -0.2) is 4.57 Å². The van der Waals surface area contributed by atoms with E-state index in [-0.39, 0.29) is 19.1 Å². The SMILES string of the molecule is CCCCCCCCC/C=C\CCCCCCCC(=O)NC(COP(=O)(O)OCC[N+](C)(C)C)C(O)/C=C/CCCCCCCCCCCCCCCCCCCCCC. The van der Waals surface area contributed by atoms with Crippen LogP contribution in [0.25, 0.3) is 0 Å². The van der Waals surface area contributed by atoms with Gasteiger partial charge in [-0.2, -0.15) is 0 Å². The molecule has 0 aromatic heterocycles. The van der Waals surface area contributed by atoms with E-state index in [1.54, 1.807) is 6.08 Å². The van der Waals surface area contributed by atoms with Gasteiger partial charge >= 0.3 is 7.82 Å². The molecule has 356 valence electrons. The summed E-state index contributed by atoms with van der Waals surface area (Å²) in [5, 5.41) is 13.9. The van der Waals surface area contributed by atoms with Crippen LogP contribution in [-0.4, -0.2) is 73.4 Å². The van der Waals surface area contributed by atoms with Crippen molar-refractivity contribution in [2.45, 2.75) is 257 Å². The van der Waals surface area contributed by atoms with E-state index in [9.17, 15) is 19.4 Å². The van der Waals surface area contributed by atoms with Gasteiger partial charge in [-0.1, -0.05) is 218 Å². The van der Waals surface area contributed by atoms with Crippen LogP contribution in [-0.2, 0) is 18.4 Å². The molecule has 1 amide bonds. The van der Waals surface area contributed by atoms with Crippen LogP contribution < -0.4 is 5.32 Å². The van der Waals surface area contributed by atoms with Gasteiger partial charge in [-0.05, 0) is 44.9 Å². The van der Waals surface area contributed by atoms with Gasteiger partial charge in [-0.15, -0.1) is 0 Å². The van der Waals surface area contributed by atoms with Crippen LogP contribution in [0.4, 0.5) is 0 Å². The predicted molar refractivity (Wildman–Crippen MR) is 258 cm³/mol. The monoisotopic (exact) mass is 870 g/mol. The summed E-state index contributed by atoms with van der Waals surface area (Å²) in [5.41, 5.74) is 0. The molecule has 0 aliphatic carbocycles. The van der Waals surface area contributed by atoms with Crippen molar-refractivity contribution in [1.29, 1.82) is 0 Å². The van der Waals surface area contributed by atoms with Gasteiger partial charge in [0, 0.05) is 6.42 Å². The molecule has 0 fully saturated rings. The molecule has 3 unspecified atom stereocenters. The number of hydrogen-bond acceptors (Lipinski definition) is 5. The van der Waals surface area contributed by atoms with Crippen LogP contribution in [0.15, 0.2) is 24.3 Å². The minimum absolute atomic E-state index is 0.0613. The van der Waals surface area contributed by atoms with E-state index in [4.69, 9.17) is 9.05 Å². The van der Waals surface area contributed by atoms with Crippen molar-refractivity contribution >= 4 is 13.7 Å². The Balaban J connectivity index is 4.30. The highest BCUT2D eigenvalue weighted by Crippen LogP contribution is 2.43. The molecule has 60 heavy (non-hydrogen) atoms. The molecule has 0 heterocycles. The summed E-state index contributed by atoms with van der Waals surface area (Å²) < 4.78 is 23.6. The molecule has 3 N–H and O–H groups in total. The number of likely N-dealkylation sites (N-methyl/N-ethyl adjacent to an activating group) is 1. The van der Waals surface area contributed by atoms with Gasteiger partial charge in [-0.3, -0.25) is 13.8 Å². The maximum absolute atomic E-state index is 12.9. The topological polar surface area (TPSA) is 105 Å². The molecule has 0 spiro atoms. The average Bonchev–Trinajstić information content (AvgIpc) is 3.20. The van der Waals surface area contributed by atoms with Gasteiger partial charge in [0.05, 0.1) is 39.9 Å². The van der Waals surface area contributed by atoms with Crippen molar-refractivity contribution in [2.75, 3.05) is 40.9 Å². The number of phosphoric ester groups is 1. The number of aliphatic hydroxyl groups is 1. The summed E-state index contributed by atoms with van der Waals surface area (Å²) in [6.07, 6.45) is 52.6. The Hall–Kier alpha value is -1.02. The smallest absolute Gasteiger partial charge is 0.387 e. The zero-order valence-electron chi connectivity index (χ0n) is 40.5. The largest absolute Gasteiger partial charge is 0.472 e. The number of nitrogens with zero attached hydrogens (tertiary/aromatic N) is 1. The van der Waals surface area contributed by atoms with Gasteiger partial charge in [0.2, 0.25) is 5.91 Å². The molecule has 0 aliphatic heterocycles. The minimum atomic E-state index is -4.34. The molecule has 0 aromatic rings. The Labute approximate surface area is 373 Å². The van der Waals surface area contributed by atoms with E-state index >= 15 is 0 Å². The van der Waals surface area contributed by atoms with Gasteiger partial charge < -0.3 is 19.8 Å². The highest BCUT2D eigenvalue weighted by Gasteiger charge is 2.27. The summed E-state index contributed by atoms with van der Waals surface area (Å²) in [6, 6.07) is -0.848. The van der Waals surface area contributed by atoms with Gasteiger partial charge in [0.1, 0.15) is 13.2 Å². The van der Waals surface area contributed by atoms with Crippen LogP contribution in [0, 0.1) is 0 Å². The molecular formula is C51H102N2O6P+. The normalized spacial score (nSPS) is 14.3. The number of aliphatic hydroxyl groups excluding tert-OH is 1. The summed E-state index contributed by atoms with van der Waals surface area (Å²) in [5.74, 6) is -0.183. The third-order valence-corrected chi connectivity index (χ3v) is 12.6. The Morgan fingerprint density at radius 3 is 1.28 bits per heavy atom. The lowest BCUT2D eigenvalue weighted by Gasteiger charge is -2.25. The number of carbonyl (C=O) groups excluding carboxylic acids is 1. The molecule has 0 rings (SSSR count). The number of phosphoric acid groups is 1. The van der Waals surface area contributed by atoms with Crippen molar-refractivity contribution in [3.63, 3.8) is 0 Å². The van der Waals surface area contributed by atoms with Crippen LogP contribution in [0.1, 0.15) is 245 Å². The third kappa shape index (κ3) is 45.0. The Bertz CT molecular complexity index is 1030. The number of carbonyl (C=O) groups is 1. The number of rotatable bonds is 47. The maximum Gasteiger partial charge on any atom is 0.472 e. The first kappa shape index (κ1) is 59.0. The van der Waals surface area contributed by atoms with Crippen LogP contribution >= 0.6 is 7.82 Å². The number of quaternary nitrogens is 1. The van der Waals surface area contributed by atoms with Crippen molar-refractivity contribution in [3.8, 4) is 0 Å². The van der Waals surface area contributed by atoms with Gasteiger partial charge in [0.15, 0.2) is 0 Å². The zero-order valence-corrected chi connectivity index (χ0v) is 41.4. The molecule has 0 saturated heterocycles. The quantitative estimate of drug-likeness (QED) is 0.0243. The lowest BCUT2D eigenvalue weighted by Crippen LogP contribution is -2.45. The highest BCUT2D eigenvalue weighted by atomic mass is 31.2. The minimum Gasteiger partial charge on any atom is -0.387 e. The predicted octanol–water partition coefficient (Wildman–Crippen LogP) is 14.9. The molecule has 0 bridgehead atoms. The van der Waals surface area contributed by atoms with E-state index in [0.29, 0.717) is 17.4 Å². The van der Waals surface area contributed by atoms with Crippen LogP contribution in [0.3, 0.4) is 0 Å². The summed E-state index contributed by atoms with van der Waals surface area (Å²) in [6.45, 7) is 4.83. The summed E-state index contributed by atoms with van der Waals surface area (Å²) >= 11 is 0. The summed E-state index contributed by atoms with van der Waals surface area (Å²) in [7, 11) is 1.57. The number of unbranched alkanes of at least 4 members (excludes halogenated alkanes) is 32. The van der Waals surface area contributed by atoms with E-state index in [0.717, 1.165) is 51.4 Å². The van der Waals surface area contributed by atoms with E-state index in [1.165, 1.54) is 173 Å². The Morgan fingerprint density at radius 1 is 0.550 bits per heavy atom. The maximum atomic E-state index is 12.9. The lowest BCUT2D eigenvalue weighted by molar-refractivity contribution is -0.870. The number of nitrogens with one attached hydrogen (secondary N) is 1. The third-order valence-electron chi connectivity index (χ3n) is 11.7. The highest BCUT2D eigenvalue weighted by molar-refractivity contribution is 7.47. The molecule has 8 nitrogen and oxygen atoms in total. The van der Waals surface area contributed by atoms with E-state index < -0.39 is 20.0 Å². The fraction of sp³-hybridized carbons (Fsp3) is 0.902. The second-order valence-corrected chi connectivity index (χ2v) is 20.4. The van der Waals surface area contributed by atoms with Crippen molar-refractivity contribution in [2.24, 2.45) is 0 Å². The first-order chi connectivity index (χ1) is 29.0. The molecule has 0 aliphatic rings. The second-order valence-electron chi connectivity index (χ2n) is 18.9. The first-order valence-electron chi connectivity index (χ1n) is 25.7. The van der Waals surface area contributed by atoms with Crippen LogP contribution in [0.5, 0.6) is 0 Å². The standard InChI is InChI=1S/C51H101N2O6P/c1-6-8-10-12-14-16-18-20-22-24-25-26-27-28-29-30-32-34-36-38-40-42-44-50(54)49(48-59-60(56,57)58-47-46-53(3,4)5)52-51(55)45-43-41-39-37-35-33-31-23-21-19-17-15-13-11-9-7-2/h23,31,42,44,49-50,54H,6-22,24-30,32-41,43,45-48H2,1-5H3,(H-,52,55,56,57)/p+1/b31-23-,44-42+. The number of amides is 1. The van der Waals surface area contributed by atoms with E-state index in [1.807, 2.05) is 27.2 Å². The van der Waals surface area contributed by atoms with Gasteiger partial charge in [0.25, 0.3) is 0 Å². The fourth-order valence-corrected chi connectivity index (χ4v) is 8.30. The fourth-order valence-electron chi connectivity index (χ4n) is 7.57. The molecule has 3 atom stereocenters. The van der Waals surface area contributed by atoms with E-state index in [2.05, 4.69) is 31.3 Å². The molecule has 0 saturated carbocycles. The van der Waals surface area contributed by atoms with Crippen molar-refractivity contribution in [3.05, 3.63) is 24.3 Å². The molecular weight excluding hydrogens is 768 g/mol. The first-order valence-corrected chi connectivity index (χ1v) is 27.2. The Morgan fingerprint density at radius 2 is 0.900 bits per heavy atom. The second kappa shape index (κ2) is 43.2. The van der Waals surface area contributed by atoms with Crippen molar-refractivity contribution in [1.82, 2.24) is 5.32 Å².